The molecule has 1 aromatic rings. The number of hydrogen-bond acceptors (Lipinski definition) is 3. The highest BCUT2D eigenvalue weighted by Gasteiger charge is 2.50. The molecule has 0 N–H and O–H groups in total. The van der Waals surface area contributed by atoms with Crippen LogP contribution in [0.25, 0.3) is 0 Å². The number of unbranched alkanes of at least 4 members (excludes halogenated alkanes) is 2. The summed E-state index contributed by atoms with van der Waals surface area (Å²) in [5.74, 6) is -0.577. The van der Waals surface area contributed by atoms with Gasteiger partial charge in [0.05, 0.1) is 31.8 Å². The first-order chi connectivity index (χ1) is 11.7. The van der Waals surface area contributed by atoms with Crippen molar-refractivity contribution in [2.75, 3.05) is 19.8 Å². The maximum atomic E-state index is 6.07. The van der Waals surface area contributed by atoms with Crippen LogP contribution in [-0.2, 0) is 20.8 Å². The van der Waals surface area contributed by atoms with Gasteiger partial charge in [-0.3, -0.25) is 0 Å². The van der Waals surface area contributed by atoms with Gasteiger partial charge in [0, 0.05) is 0 Å². The highest BCUT2D eigenvalue weighted by atomic mass is 16.7. The van der Waals surface area contributed by atoms with E-state index in [1.807, 2.05) is 18.2 Å². The standard InChI is InChI=1S/C21H32O3/c1-4-6-7-11-14-20(3,21(5-2)23-15-16-24-21)18-22-17-19-12-9-8-10-13-19/h8-14H,4-7,15-18H2,1-3H3/b14-11+/t20-/m0/s1. The molecule has 1 atom stereocenters. The molecule has 1 aromatic carbocycles. The summed E-state index contributed by atoms with van der Waals surface area (Å²) >= 11 is 0. The van der Waals surface area contributed by atoms with Crippen molar-refractivity contribution in [2.24, 2.45) is 5.41 Å². The molecule has 3 heteroatoms. The van der Waals surface area contributed by atoms with E-state index in [9.17, 15) is 0 Å². The summed E-state index contributed by atoms with van der Waals surface area (Å²) in [6, 6.07) is 10.3. The smallest absolute Gasteiger partial charge is 0.179 e. The van der Waals surface area contributed by atoms with Crippen molar-refractivity contribution < 1.29 is 14.2 Å². The first-order valence-corrected chi connectivity index (χ1v) is 9.23. The number of allylic oxidation sites excluding steroid dienone is 1. The van der Waals surface area contributed by atoms with Gasteiger partial charge < -0.3 is 14.2 Å². The van der Waals surface area contributed by atoms with Crippen molar-refractivity contribution in [1.29, 1.82) is 0 Å². The third-order valence-electron chi connectivity index (χ3n) is 4.81. The van der Waals surface area contributed by atoms with Crippen LogP contribution in [0, 0.1) is 5.41 Å². The zero-order valence-electron chi connectivity index (χ0n) is 15.4. The normalized spacial score (nSPS) is 19.6. The molecule has 134 valence electrons. The molecule has 0 aliphatic carbocycles. The summed E-state index contributed by atoms with van der Waals surface area (Å²) < 4.78 is 18.2. The second-order valence-electron chi connectivity index (χ2n) is 6.74. The first kappa shape index (κ1) is 19.2. The van der Waals surface area contributed by atoms with Crippen LogP contribution in [0.2, 0.25) is 0 Å². The molecule has 0 unspecified atom stereocenters. The van der Waals surface area contributed by atoms with Crippen molar-refractivity contribution in [3.05, 3.63) is 48.0 Å². The molecule has 1 aliphatic heterocycles. The van der Waals surface area contributed by atoms with Gasteiger partial charge in [-0.1, -0.05) is 69.2 Å². The van der Waals surface area contributed by atoms with E-state index in [1.54, 1.807) is 0 Å². The molecule has 0 bridgehead atoms. The Morgan fingerprint density at radius 2 is 1.88 bits per heavy atom. The third kappa shape index (κ3) is 4.69. The van der Waals surface area contributed by atoms with Crippen molar-refractivity contribution in [3.8, 4) is 0 Å². The minimum atomic E-state index is -0.577. The van der Waals surface area contributed by atoms with Crippen molar-refractivity contribution in [1.82, 2.24) is 0 Å². The molecule has 0 spiro atoms. The van der Waals surface area contributed by atoms with Crippen LogP contribution in [-0.4, -0.2) is 25.6 Å². The topological polar surface area (TPSA) is 27.7 Å². The Hall–Kier alpha value is -1.16. The fourth-order valence-electron chi connectivity index (χ4n) is 3.30. The second kappa shape index (κ2) is 9.36. The molecule has 0 amide bonds. The fourth-order valence-corrected chi connectivity index (χ4v) is 3.30. The van der Waals surface area contributed by atoms with E-state index < -0.39 is 5.79 Å². The summed E-state index contributed by atoms with van der Waals surface area (Å²) in [5, 5.41) is 0. The van der Waals surface area contributed by atoms with E-state index >= 15 is 0 Å². The van der Waals surface area contributed by atoms with Gasteiger partial charge in [-0.05, 0) is 25.3 Å². The summed E-state index contributed by atoms with van der Waals surface area (Å²) in [6.07, 6.45) is 8.83. The average molecular weight is 332 g/mol. The predicted octanol–water partition coefficient (Wildman–Crippen LogP) is 5.11. The van der Waals surface area contributed by atoms with E-state index in [2.05, 4.69) is 45.1 Å². The largest absolute Gasteiger partial charge is 0.376 e. The quantitative estimate of drug-likeness (QED) is 0.440. The van der Waals surface area contributed by atoms with Crippen molar-refractivity contribution in [2.45, 2.75) is 58.8 Å². The zero-order chi connectivity index (χ0) is 17.3. The van der Waals surface area contributed by atoms with Crippen LogP contribution in [0.4, 0.5) is 0 Å². The molecule has 1 saturated heterocycles. The Morgan fingerprint density at radius 3 is 2.50 bits per heavy atom. The van der Waals surface area contributed by atoms with Crippen LogP contribution >= 0.6 is 0 Å². The lowest BCUT2D eigenvalue weighted by Gasteiger charge is -2.42. The molecule has 24 heavy (non-hydrogen) atoms. The Kier molecular flexibility index (Phi) is 7.47. The van der Waals surface area contributed by atoms with Gasteiger partial charge in [0.2, 0.25) is 0 Å². The SMILES string of the molecule is CCCC/C=C/[C@@](C)(COCc1ccccc1)C1(CC)OCCO1. The molecule has 0 radical (unpaired) electrons. The van der Waals surface area contributed by atoms with Gasteiger partial charge in [0.1, 0.15) is 0 Å². The average Bonchev–Trinajstić information content (AvgIpc) is 3.11. The van der Waals surface area contributed by atoms with Gasteiger partial charge in [-0.25, -0.2) is 0 Å². The van der Waals surface area contributed by atoms with Gasteiger partial charge in [0.15, 0.2) is 5.79 Å². The highest BCUT2D eigenvalue weighted by molar-refractivity contribution is 5.13. The van der Waals surface area contributed by atoms with E-state index in [1.165, 1.54) is 18.4 Å². The van der Waals surface area contributed by atoms with Crippen LogP contribution in [0.3, 0.4) is 0 Å². The lowest BCUT2D eigenvalue weighted by Crippen LogP contribution is -2.48. The zero-order valence-corrected chi connectivity index (χ0v) is 15.4. The number of rotatable bonds is 10. The molecule has 1 aliphatic rings. The maximum absolute atomic E-state index is 6.07. The van der Waals surface area contributed by atoms with Gasteiger partial charge >= 0.3 is 0 Å². The monoisotopic (exact) mass is 332 g/mol. The van der Waals surface area contributed by atoms with Crippen molar-refractivity contribution in [3.63, 3.8) is 0 Å². The maximum Gasteiger partial charge on any atom is 0.179 e. The van der Waals surface area contributed by atoms with Crippen LogP contribution < -0.4 is 0 Å². The third-order valence-corrected chi connectivity index (χ3v) is 4.81. The summed E-state index contributed by atoms with van der Waals surface area (Å²) in [7, 11) is 0. The highest BCUT2D eigenvalue weighted by Crippen LogP contribution is 2.43. The van der Waals surface area contributed by atoms with E-state index in [4.69, 9.17) is 14.2 Å². The summed E-state index contributed by atoms with van der Waals surface area (Å²) in [4.78, 5) is 0. The Bertz CT molecular complexity index is 491. The van der Waals surface area contributed by atoms with Crippen LogP contribution in [0.5, 0.6) is 0 Å². The minimum Gasteiger partial charge on any atom is -0.376 e. The van der Waals surface area contributed by atoms with Crippen LogP contribution in [0.15, 0.2) is 42.5 Å². The van der Waals surface area contributed by atoms with Gasteiger partial charge in [-0.2, -0.15) is 0 Å². The molecule has 1 heterocycles. The molecule has 3 nitrogen and oxygen atoms in total. The lowest BCUT2D eigenvalue weighted by atomic mass is 9.79. The molecular formula is C21H32O3. The molecular weight excluding hydrogens is 300 g/mol. The molecule has 2 rings (SSSR count). The van der Waals surface area contributed by atoms with Gasteiger partial charge in [-0.15, -0.1) is 0 Å². The predicted molar refractivity (Wildman–Crippen MR) is 97.8 cm³/mol. The first-order valence-electron chi connectivity index (χ1n) is 9.23. The Balaban J connectivity index is 2.05. The number of hydrogen-bond donors (Lipinski definition) is 0. The second-order valence-corrected chi connectivity index (χ2v) is 6.74. The van der Waals surface area contributed by atoms with E-state index in [-0.39, 0.29) is 5.41 Å². The summed E-state index contributed by atoms with van der Waals surface area (Å²) in [6.45, 7) is 9.04. The Morgan fingerprint density at radius 1 is 1.17 bits per heavy atom. The lowest BCUT2D eigenvalue weighted by molar-refractivity contribution is -0.232. The minimum absolute atomic E-state index is 0.291. The number of benzene rings is 1. The van der Waals surface area contributed by atoms with E-state index in [0.29, 0.717) is 26.4 Å². The van der Waals surface area contributed by atoms with Crippen molar-refractivity contribution >= 4 is 0 Å². The molecule has 1 fully saturated rings. The summed E-state index contributed by atoms with van der Waals surface area (Å²) in [5.41, 5.74) is 0.898. The molecule has 0 aromatic heterocycles. The van der Waals surface area contributed by atoms with Crippen LogP contribution in [0.1, 0.15) is 52.0 Å². The number of ether oxygens (including phenoxy) is 3. The fraction of sp³-hybridized carbons (Fsp3) is 0.619. The van der Waals surface area contributed by atoms with E-state index in [0.717, 1.165) is 12.8 Å². The molecule has 0 saturated carbocycles. The Labute approximate surface area is 147 Å². The van der Waals surface area contributed by atoms with Gasteiger partial charge in [0.25, 0.3) is 0 Å².